The van der Waals surface area contributed by atoms with Crippen LogP contribution in [0.25, 0.3) is 0 Å². The molecule has 1 aromatic carbocycles. The van der Waals surface area contributed by atoms with E-state index in [4.69, 9.17) is 5.73 Å². The van der Waals surface area contributed by atoms with Crippen molar-refractivity contribution in [3.05, 3.63) is 51.6 Å². The highest BCUT2D eigenvalue weighted by Gasteiger charge is 2.42. The van der Waals surface area contributed by atoms with Crippen molar-refractivity contribution in [2.45, 2.75) is 76.5 Å². The molecule has 1 aromatic heterocycles. The number of pyridine rings is 1. The van der Waals surface area contributed by atoms with Gasteiger partial charge in [-0.05, 0) is 92.6 Å². The maximum Gasteiger partial charge on any atom is 0.252 e. The van der Waals surface area contributed by atoms with Crippen molar-refractivity contribution in [2.24, 2.45) is 11.7 Å². The Labute approximate surface area is 219 Å². The van der Waals surface area contributed by atoms with Crippen LogP contribution in [0.3, 0.4) is 0 Å². The lowest BCUT2D eigenvalue weighted by Gasteiger charge is -2.40. The Morgan fingerprint density at radius 1 is 1.06 bits per heavy atom. The van der Waals surface area contributed by atoms with Gasteiger partial charge in [-0.15, -0.1) is 0 Å². The normalized spacial score (nSPS) is 23.0. The van der Waals surface area contributed by atoms with Crippen LogP contribution in [0.1, 0.15) is 83.4 Å². The Morgan fingerprint density at radius 2 is 1.75 bits per heavy atom. The number of halogens is 1. The number of amides is 2. The number of anilines is 2. The van der Waals surface area contributed by atoms with Gasteiger partial charge in [0.25, 0.3) is 11.8 Å². The third-order valence-corrected chi connectivity index (χ3v) is 8.03. The van der Waals surface area contributed by atoms with Crippen molar-refractivity contribution in [1.82, 2.24) is 10.3 Å². The smallest absolute Gasteiger partial charge is 0.252 e. The van der Waals surface area contributed by atoms with Gasteiger partial charge in [-0.3, -0.25) is 14.4 Å². The molecular formula is C27H32BrN5O3. The van der Waals surface area contributed by atoms with E-state index in [1.807, 2.05) is 26.0 Å². The number of rotatable bonds is 8. The van der Waals surface area contributed by atoms with E-state index in [0.717, 1.165) is 44.3 Å². The minimum absolute atomic E-state index is 0.0474. The molecule has 2 bridgehead atoms. The van der Waals surface area contributed by atoms with Gasteiger partial charge in [0.1, 0.15) is 5.82 Å². The van der Waals surface area contributed by atoms with E-state index >= 15 is 0 Å². The number of piperidine rings is 1. The molecule has 4 N–H and O–H groups in total. The second-order valence-corrected chi connectivity index (χ2v) is 11.4. The highest BCUT2D eigenvalue weighted by Crippen LogP contribution is 2.39. The Morgan fingerprint density at radius 3 is 2.31 bits per heavy atom. The predicted octanol–water partition coefficient (Wildman–Crippen LogP) is 4.29. The van der Waals surface area contributed by atoms with Gasteiger partial charge in [0.2, 0.25) is 0 Å². The summed E-state index contributed by atoms with van der Waals surface area (Å²) >= 11 is 3.45. The number of Topliss-reactive ketones (excluding diaryl/α,β-unsaturated/α-hetero) is 1. The number of nitrogens with zero attached hydrogens (tertiary/aromatic N) is 2. The van der Waals surface area contributed by atoms with Crippen molar-refractivity contribution >= 4 is 45.0 Å². The van der Waals surface area contributed by atoms with Crippen LogP contribution in [0.4, 0.5) is 11.5 Å². The van der Waals surface area contributed by atoms with Crippen LogP contribution in [0.5, 0.6) is 0 Å². The maximum atomic E-state index is 13.3. The van der Waals surface area contributed by atoms with Gasteiger partial charge in [0.05, 0.1) is 11.1 Å². The predicted molar refractivity (Wildman–Crippen MR) is 142 cm³/mol. The first-order valence-electron chi connectivity index (χ1n) is 12.7. The monoisotopic (exact) mass is 553 g/mol. The second kappa shape index (κ2) is 9.84. The van der Waals surface area contributed by atoms with E-state index in [1.165, 1.54) is 0 Å². The van der Waals surface area contributed by atoms with Crippen LogP contribution in [0, 0.1) is 5.92 Å². The standard InChI is InChI=1S/C27H32BrN5O3/c1-14(2)31-23-12-20(22(28)11-21(23)26(29)35)27(36)32-17-9-18-6-7-19(10-17)33(18)24-8-5-16(13-30-24)25(34)15-3-4-15/h5,8,11-15,17-19,31H,3-4,6-7,9-10H2,1-2H3,(H2,29,35)(H,32,36). The molecule has 2 atom stereocenters. The Bertz CT molecular complexity index is 1180. The van der Waals surface area contributed by atoms with E-state index in [-0.39, 0.29) is 29.7 Å². The van der Waals surface area contributed by atoms with Crippen molar-refractivity contribution in [2.75, 3.05) is 10.2 Å². The number of ketones is 1. The molecule has 2 aliphatic heterocycles. The summed E-state index contributed by atoms with van der Waals surface area (Å²) in [7, 11) is 0. The second-order valence-electron chi connectivity index (χ2n) is 10.5. The summed E-state index contributed by atoms with van der Waals surface area (Å²) in [6.45, 7) is 3.92. The van der Waals surface area contributed by atoms with Crippen molar-refractivity contribution in [3.8, 4) is 0 Å². The molecule has 5 rings (SSSR count). The highest BCUT2D eigenvalue weighted by atomic mass is 79.9. The van der Waals surface area contributed by atoms with E-state index < -0.39 is 5.91 Å². The molecular weight excluding hydrogens is 522 g/mol. The molecule has 1 saturated carbocycles. The zero-order chi connectivity index (χ0) is 25.6. The van der Waals surface area contributed by atoms with Crippen LogP contribution >= 0.6 is 15.9 Å². The van der Waals surface area contributed by atoms with Gasteiger partial charge >= 0.3 is 0 Å². The van der Waals surface area contributed by atoms with Crippen LogP contribution < -0.4 is 21.3 Å². The number of hydrogen-bond donors (Lipinski definition) is 3. The lowest BCUT2D eigenvalue weighted by molar-refractivity contribution is 0.0923. The first kappa shape index (κ1) is 24.7. The summed E-state index contributed by atoms with van der Waals surface area (Å²) in [5.41, 5.74) is 7.61. The third-order valence-electron chi connectivity index (χ3n) is 7.37. The fourth-order valence-corrected chi connectivity index (χ4v) is 6.10. The van der Waals surface area contributed by atoms with E-state index in [2.05, 4.69) is 36.4 Å². The minimum Gasteiger partial charge on any atom is -0.382 e. The highest BCUT2D eigenvalue weighted by molar-refractivity contribution is 9.10. The molecule has 3 aliphatic rings. The van der Waals surface area contributed by atoms with Gasteiger partial charge < -0.3 is 21.3 Å². The lowest BCUT2D eigenvalue weighted by Crippen LogP contribution is -2.50. The molecule has 3 fully saturated rings. The van der Waals surface area contributed by atoms with E-state index in [1.54, 1.807) is 18.3 Å². The number of aromatic nitrogens is 1. The first-order valence-corrected chi connectivity index (χ1v) is 13.5. The van der Waals surface area contributed by atoms with Gasteiger partial charge in [-0.25, -0.2) is 4.98 Å². The summed E-state index contributed by atoms with van der Waals surface area (Å²) in [5.74, 6) is 0.586. The SMILES string of the molecule is CC(C)Nc1cc(C(=O)NC2CC3CCC(C2)N3c2ccc(C(=O)C3CC3)cn2)c(Br)cc1C(N)=O. The lowest BCUT2D eigenvalue weighted by atomic mass is 9.96. The fourth-order valence-electron chi connectivity index (χ4n) is 5.58. The maximum absolute atomic E-state index is 13.3. The number of hydrogen-bond acceptors (Lipinski definition) is 6. The summed E-state index contributed by atoms with van der Waals surface area (Å²) in [4.78, 5) is 44.5. The average molecular weight is 554 g/mol. The van der Waals surface area contributed by atoms with Crippen molar-refractivity contribution in [3.63, 3.8) is 0 Å². The summed E-state index contributed by atoms with van der Waals surface area (Å²) in [5, 5.41) is 6.43. The summed E-state index contributed by atoms with van der Waals surface area (Å²) < 4.78 is 0.536. The fraction of sp³-hybridized carbons (Fsp3) is 0.481. The zero-order valence-electron chi connectivity index (χ0n) is 20.6. The van der Waals surface area contributed by atoms with Crippen LogP contribution in [-0.2, 0) is 0 Å². The van der Waals surface area contributed by atoms with E-state index in [9.17, 15) is 14.4 Å². The van der Waals surface area contributed by atoms with Crippen LogP contribution in [0.2, 0.25) is 0 Å². The molecule has 3 heterocycles. The Balaban J connectivity index is 1.27. The number of benzene rings is 1. The topological polar surface area (TPSA) is 117 Å². The van der Waals surface area contributed by atoms with Crippen LogP contribution in [0.15, 0.2) is 34.9 Å². The first-order chi connectivity index (χ1) is 17.2. The minimum atomic E-state index is -0.548. The molecule has 9 heteroatoms. The van der Waals surface area contributed by atoms with Gasteiger partial charge in [-0.2, -0.15) is 0 Å². The molecule has 190 valence electrons. The number of primary amides is 1. The number of carbonyl (C=O) groups excluding carboxylic acids is 3. The number of fused-ring (bicyclic) bond motifs is 2. The molecule has 8 nitrogen and oxygen atoms in total. The van der Waals surface area contributed by atoms with Gasteiger partial charge in [0.15, 0.2) is 5.78 Å². The number of nitrogens with one attached hydrogen (secondary N) is 2. The van der Waals surface area contributed by atoms with Gasteiger partial charge in [0, 0.05) is 52.0 Å². The molecule has 0 spiro atoms. The molecule has 0 radical (unpaired) electrons. The zero-order valence-corrected chi connectivity index (χ0v) is 22.2. The average Bonchev–Trinajstić information content (AvgIpc) is 3.64. The van der Waals surface area contributed by atoms with Crippen molar-refractivity contribution in [1.29, 1.82) is 0 Å². The molecule has 2 saturated heterocycles. The quantitative estimate of drug-likeness (QED) is 0.420. The Kier molecular flexibility index (Phi) is 6.76. The van der Waals surface area contributed by atoms with E-state index in [0.29, 0.717) is 38.9 Å². The largest absolute Gasteiger partial charge is 0.382 e. The Hall–Kier alpha value is -2.94. The van der Waals surface area contributed by atoms with Crippen LogP contribution in [-0.4, -0.2) is 46.7 Å². The molecule has 1 aliphatic carbocycles. The summed E-state index contributed by atoms with van der Waals surface area (Å²) in [6, 6.07) is 7.90. The summed E-state index contributed by atoms with van der Waals surface area (Å²) in [6.07, 6.45) is 7.49. The van der Waals surface area contributed by atoms with Gasteiger partial charge in [-0.1, -0.05) is 0 Å². The van der Waals surface area contributed by atoms with Crippen molar-refractivity contribution < 1.29 is 14.4 Å². The molecule has 36 heavy (non-hydrogen) atoms. The number of carbonyl (C=O) groups is 3. The molecule has 2 amide bonds. The molecule has 2 aromatic rings. The third kappa shape index (κ3) is 4.98. The number of nitrogens with two attached hydrogens (primary N) is 1. The molecule has 2 unspecified atom stereocenters.